The Kier molecular flexibility index (Phi) is 3.06. The molecule has 0 bridgehead atoms. The van der Waals surface area contributed by atoms with Gasteiger partial charge in [0.1, 0.15) is 0 Å². The van der Waals surface area contributed by atoms with Gasteiger partial charge in [0.05, 0.1) is 4.91 Å². The first-order chi connectivity index (χ1) is 6.04. The van der Waals surface area contributed by atoms with Gasteiger partial charge in [0, 0.05) is 0 Å². The molecule has 0 spiro atoms. The lowest BCUT2D eigenvalue weighted by Gasteiger charge is -2.12. The predicted molar refractivity (Wildman–Crippen MR) is 53.3 cm³/mol. The average Bonchev–Trinajstić information content (AvgIpc) is 2.04. The van der Waals surface area contributed by atoms with Gasteiger partial charge in [-0.3, -0.25) is 0 Å². The summed E-state index contributed by atoms with van der Waals surface area (Å²) < 4.78 is 21.8. The Bertz CT molecular complexity index is 352. The van der Waals surface area contributed by atoms with E-state index < -0.39 is 10.0 Å². The van der Waals surface area contributed by atoms with Gasteiger partial charge in [-0.2, -0.15) is 0 Å². The zero-order valence-electron chi connectivity index (χ0n) is 7.31. The first kappa shape index (κ1) is 10.2. The molecule has 0 aromatic carbocycles. The van der Waals surface area contributed by atoms with Crippen LogP contribution in [0.4, 0.5) is 0 Å². The van der Waals surface area contributed by atoms with E-state index in [9.17, 15) is 8.42 Å². The maximum absolute atomic E-state index is 10.9. The van der Waals surface area contributed by atoms with Gasteiger partial charge < -0.3 is 0 Å². The highest BCUT2D eigenvalue weighted by molar-refractivity contribution is 7.93. The molecule has 1 unspecified atom stereocenters. The molecule has 72 valence electrons. The number of hydrogen-bond acceptors (Lipinski definition) is 2. The molecule has 0 aromatic heterocycles. The second-order valence-corrected chi connectivity index (χ2v) is 4.59. The first-order valence-corrected chi connectivity index (χ1v) is 5.60. The summed E-state index contributed by atoms with van der Waals surface area (Å²) >= 11 is 0. The van der Waals surface area contributed by atoms with Crippen molar-refractivity contribution in [3.05, 3.63) is 35.8 Å². The minimum Gasteiger partial charge on any atom is -0.225 e. The topological polar surface area (TPSA) is 60.2 Å². The zero-order valence-corrected chi connectivity index (χ0v) is 8.13. The minimum absolute atomic E-state index is 0.216. The van der Waals surface area contributed by atoms with E-state index in [1.807, 2.05) is 12.2 Å². The molecule has 2 N–H and O–H groups in total. The van der Waals surface area contributed by atoms with Crippen molar-refractivity contribution in [2.75, 3.05) is 0 Å². The van der Waals surface area contributed by atoms with E-state index in [2.05, 4.69) is 6.58 Å². The fraction of sp³-hybridized carbons (Fsp3) is 0.333. The van der Waals surface area contributed by atoms with Crippen molar-refractivity contribution in [1.29, 1.82) is 0 Å². The third kappa shape index (κ3) is 2.82. The van der Waals surface area contributed by atoms with Gasteiger partial charge in [-0.1, -0.05) is 18.2 Å². The lowest BCUT2D eigenvalue weighted by molar-refractivity contribution is 0.602. The highest BCUT2D eigenvalue weighted by atomic mass is 32.2. The molecular formula is C9H13NO2S. The number of nitrogens with two attached hydrogens (primary N) is 1. The third-order valence-corrected chi connectivity index (χ3v) is 2.91. The van der Waals surface area contributed by atoms with Crippen LogP contribution in [0, 0.1) is 5.92 Å². The van der Waals surface area contributed by atoms with Crippen molar-refractivity contribution >= 4 is 10.0 Å². The van der Waals surface area contributed by atoms with Gasteiger partial charge in [-0.05, 0) is 24.8 Å². The van der Waals surface area contributed by atoms with Crippen LogP contribution in [0.15, 0.2) is 35.8 Å². The molecule has 0 heterocycles. The van der Waals surface area contributed by atoms with Gasteiger partial charge in [0.25, 0.3) is 0 Å². The summed E-state index contributed by atoms with van der Waals surface area (Å²) in [4.78, 5) is 0.216. The Morgan fingerprint density at radius 1 is 1.69 bits per heavy atom. The maximum Gasteiger partial charge on any atom is 0.237 e. The molecule has 1 atom stereocenters. The van der Waals surface area contributed by atoms with Crippen LogP contribution in [0.1, 0.15) is 12.8 Å². The Hall–Kier alpha value is -0.870. The molecule has 0 fully saturated rings. The smallest absolute Gasteiger partial charge is 0.225 e. The van der Waals surface area contributed by atoms with E-state index in [1.54, 1.807) is 12.2 Å². The summed E-state index contributed by atoms with van der Waals surface area (Å²) in [5.74, 6) is 0.364. The Morgan fingerprint density at radius 3 is 2.77 bits per heavy atom. The van der Waals surface area contributed by atoms with Crippen molar-refractivity contribution in [2.24, 2.45) is 11.1 Å². The third-order valence-electron chi connectivity index (χ3n) is 1.95. The van der Waals surface area contributed by atoms with Crippen molar-refractivity contribution in [2.45, 2.75) is 12.8 Å². The summed E-state index contributed by atoms with van der Waals surface area (Å²) in [5, 5.41) is 4.96. The molecule has 0 aliphatic heterocycles. The summed E-state index contributed by atoms with van der Waals surface area (Å²) in [7, 11) is -3.52. The number of sulfonamides is 1. The molecule has 0 amide bonds. The first-order valence-electron chi connectivity index (χ1n) is 4.06. The predicted octanol–water partition coefficient (Wildman–Crippen LogP) is 1.31. The molecule has 4 heteroatoms. The standard InChI is InChI=1S/C9H13NO2S/c1-2-3-8-4-6-9(7-5-8)13(10,11)12/h2,4,6-8H,1,3,5H2,(H2,10,11,12). The summed E-state index contributed by atoms with van der Waals surface area (Å²) in [6.45, 7) is 3.63. The number of hydrogen-bond donors (Lipinski definition) is 1. The molecule has 1 rings (SSSR count). The molecular weight excluding hydrogens is 186 g/mol. The normalized spacial score (nSPS) is 22.5. The molecule has 0 aromatic rings. The SMILES string of the molecule is C=CCC1C=CC(S(N)(=O)=O)=CC1. The van der Waals surface area contributed by atoms with E-state index in [-0.39, 0.29) is 4.91 Å². The Labute approximate surface area is 78.7 Å². The highest BCUT2D eigenvalue weighted by Crippen LogP contribution is 2.21. The van der Waals surface area contributed by atoms with E-state index in [1.165, 1.54) is 0 Å². The molecule has 13 heavy (non-hydrogen) atoms. The van der Waals surface area contributed by atoms with E-state index in [0.717, 1.165) is 6.42 Å². The lowest BCUT2D eigenvalue weighted by Crippen LogP contribution is -2.15. The molecule has 0 saturated carbocycles. The Balaban J connectivity index is 2.71. The van der Waals surface area contributed by atoms with Gasteiger partial charge in [0.15, 0.2) is 0 Å². The number of allylic oxidation sites excluding steroid dienone is 4. The van der Waals surface area contributed by atoms with Crippen LogP contribution in [-0.4, -0.2) is 8.42 Å². The van der Waals surface area contributed by atoms with Crippen molar-refractivity contribution in [3.63, 3.8) is 0 Å². The largest absolute Gasteiger partial charge is 0.237 e. The van der Waals surface area contributed by atoms with E-state index in [4.69, 9.17) is 5.14 Å². The molecule has 3 nitrogen and oxygen atoms in total. The fourth-order valence-electron chi connectivity index (χ4n) is 1.24. The number of primary sulfonamides is 1. The molecule has 1 aliphatic rings. The summed E-state index contributed by atoms with van der Waals surface area (Å²) in [6.07, 6.45) is 8.49. The Morgan fingerprint density at radius 2 is 2.38 bits per heavy atom. The second kappa shape index (κ2) is 3.89. The van der Waals surface area contributed by atoms with Crippen molar-refractivity contribution < 1.29 is 8.42 Å². The van der Waals surface area contributed by atoms with Crippen molar-refractivity contribution in [1.82, 2.24) is 0 Å². The van der Waals surface area contributed by atoms with Gasteiger partial charge >= 0.3 is 0 Å². The average molecular weight is 199 g/mol. The van der Waals surface area contributed by atoms with Crippen LogP contribution in [0.25, 0.3) is 0 Å². The quantitative estimate of drug-likeness (QED) is 0.697. The molecule has 0 radical (unpaired) electrons. The van der Waals surface area contributed by atoms with Crippen LogP contribution >= 0.6 is 0 Å². The number of rotatable bonds is 3. The van der Waals surface area contributed by atoms with Crippen LogP contribution < -0.4 is 5.14 Å². The minimum atomic E-state index is -3.52. The highest BCUT2D eigenvalue weighted by Gasteiger charge is 2.13. The van der Waals surface area contributed by atoms with Crippen LogP contribution in [0.5, 0.6) is 0 Å². The van der Waals surface area contributed by atoms with Gasteiger partial charge in [-0.15, -0.1) is 6.58 Å². The van der Waals surface area contributed by atoms with Gasteiger partial charge in [0.2, 0.25) is 10.0 Å². The van der Waals surface area contributed by atoms with E-state index >= 15 is 0 Å². The van der Waals surface area contributed by atoms with Crippen molar-refractivity contribution in [3.8, 4) is 0 Å². The second-order valence-electron chi connectivity index (χ2n) is 3.03. The monoisotopic (exact) mass is 199 g/mol. The zero-order chi connectivity index (χ0) is 9.90. The van der Waals surface area contributed by atoms with Crippen LogP contribution in [0.2, 0.25) is 0 Å². The maximum atomic E-state index is 10.9. The fourth-order valence-corrected chi connectivity index (χ4v) is 1.84. The van der Waals surface area contributed by atoms with E-state index in [0.29, 0.717) is 12.3 Å². The lowest BCUT2D eigenvalue weighted by atomic mass is 9.97. The van der Waals surface area contributed by atoms with Gasteiger partial charge in [-0.25, -0.2) is 13.6 Å². The van der Waals surface area contributed by atoms with Crippen LogP contribution in [0.3, 0.4) is 0 Å². The van der Waals surface area contributed by atoms with Crippen LogP contribution in [-0.2, 0) is 10.0 Å². The molecule has 0 saturated heterocycles. The molecule has 1 aliphatic carbocycles. The summed E-state index contributed by atoms with van der Waals surface area (Å²) in [6, 6.07) is 0. The summed E-state index contributed by atoms with van der Waals surface area (Å²) in [5.41, 5.74) is 0.